The molecule has 10 nitrogen and oxygen atoms in total. The van der Waals surface area contributed by atoms with Gasteiger partial charge in [0.2, 0.25) is 5.95 Å². The number of amides is 1. The Morgan fingerprint density at radius 1 is 1.05 bits per heavy atom. The first-order valence-corrected chi connectivity index (χ1v) is 12.0. The Bertz CT molecular complexity index is 1610. The Labute approximate surface area is 226 Å². The molecule has 3 heterocycles. The number of carbonyl (C=O) groups is 1. The lowest BCUT2D eigenvalue weighted by molar-refractivity contribution is -0.138. The number of nitrogens with one attached hydrogen (secondary N) is 1. The summed E-state index contributed by atoms with van der Waals surface area (Å²) in [6.07, 6.45) is 4.10. The monoisotopic (exact) mass is 548 g/mol. The van der Waals surface area contributed by atoms with Crippen molar-refractivity contribution >= 4 is 28.9 Å². The van der Waals surface area contributed by atoms with Crippen LogP contribution in [0.2, 0.25) is 0 Å². The number of phenols is 1. The molecule has 2 aromatic carbocycles. The lowest BCUT2D eigenvalue weighted by atomic mass is 10.0. The van der Waals surface area contributed by atoms with Crippen LogP contribution < -0.4 is 20.9 Å². The second kappa shape index (κ2) is 10.2. The van der Waals surface area contributed by atoms with E-state index in [1.807, 2.05) is 0 Å². The van der Waals surface area contributed by atoms with Crippen molar-refractivity contribution in [1.82, 2.24) is 19.9 Å². The number of carbonyl (C=O) groups excluding carboxylic acids is 1. The van der Waals surface area contributed by atoms with Gasteiger partial charge in [0.25, 0.3) is 5.91 Å². The molecule has 0 saturated carbocycles. The van der Waals surface area contributed by atoms with Crippen LogP contribution in [-0.2, 0) is 6.18 Å². The Balaban J connectivity index is 1.53. The van der Waals surface area contributed by atoms with Gasteiger partial charge in [0.15, 0.2) is 0 Å². The van der Waals surface area contributed by atoms with Crippen LogP contribution in [0.1, 0.15) is 28.4 Å². The summed E-state index contributed by atoms with van der Waals surface area (Å²) >= 11 is 0. The van der Waals surface area contributed by atoms with Gasteiger partial charge in [-0.05, 0) is 43.7 Å². The topological polar surface area (TPSA) is 133 Å². The van der Waals surface area contributed by atoms with Crippen molar-refractivity contribution < 1.29 is 23.1 Å². The molecule has 0 radical (unpaired) electrons. The number of anilines is 4. The minimum atomic E-state index is -4.65. The molecular weight excluding hydrogens is 525 g/mol. The van der Waals surface area contributed by atoms with E-state index in [9.17, 15) is 23.1 Å². The fourth-order valence-corrected chi connectivity index (χ4v) is 4.55. The number of halogens is 3. The molecule has 0 bridgehead atoms. The third-order valence-electron chi connectivity index (χ3n) is 6.43. The fourth-order valence-electron chi connectivity index (χ4n) is 4.55. The van der Waals surface area contributed by atoms with Crippen LogP contribution in [0.3, 0.4) is 0 Å². The number of nitrogens with two attached hydrogens (primary N) is 1. The quantitative estimate of drug-likeness (QED) is 0.306. The van der Waals surface area contributed by atoms with Crippen LogP contribution in [0.25, 0.3) is 11.4 Å². The number of nitrogens with zero attached hydrogens (tertiary/aromatic N) is 6. The normalized spacial score (nSPS) is 15.0. The lowest BCUT2D eigenvalue weighted by Gasteiger charge is -2.33. The van der Waals surface area contributed by atoms with Crippen molar-refractivity contribution in [3.8, 4) is 17.1 Å². The van der Waals surface area contributed by atoms with Crippen LogP contribution in [0.15, 0.2) is 73.6 Å². The Hall–Kier alpha value is -5.20. The molecule has 40 heavy (non-hydrogen) atoms. The highest BCUT2D eigenvalue weighted by atomic mass is 19.4. The number of aromatic nitrogens is 4. The van der Waals surface area contributed by atoms with Gasteiger partial charge in [-0.15, -0.1) is 0 Å². The summed E-state index contributed by atoms with van der Waals surface area (Å²) in [5.74, 6) is -1.02. The van der Waals surface area contributed by atoms with Crippen LogP contribution in [0.4, 0.5) is 36.2 Å². The summed E-state index contributed by atoms with van der Waals surface area (Å²) in [5.41, 5.74) is 6.87. The fraction of sp³-hybridized carbons (Fsp3) is 0.148. The highest BCUT2D eigenvalue weighted by Crippen LogP contribution is 2.42. The van der Waals surface area contributed by atoms with Gasteiger partial charge in [-0.2, -0.15) is 13.2 Å². The van der Waals surface area contributed by atoms with E-state index in [-0.39, 0.29) is 22.8 Å². The molecule has 2 aromatic heterocycles. The summed E-state index contributed by atoms with van der Waals surface area (Å²) < 4.78 is 40.9. The number of benzene rings is 2. The molecule has 0 fully saturated rings. The smallest absolute Gasteiger partial charge is 0.416 e. The highest BCUT2D eigenvalue weighted by Gasteiger charge is 2.36. The van der Waals surface area contributed by atoms with Crippen molar-refractivity contribution in [2.24, 2.45) is 5.73 Å². The molecule has 1 amide bonds. The summed E-state index contributed by atoms with van der Waals surface area (Å²) in [7, 11) is 0. The van der Waals surface area contributed by atoms with Crippen LogP contribution >= 0.6 is 0 Å². The summed E-state index contributed by atoms with van der Waals surface area (Å²) in [6, 6.07) is 8.51. The predicted octanol–water partition coefficient (Wildman–Crippen LogP) is 4.95. The maximum absolute atomic E-state index is 13.6. The zero-order valence-corrected chi connectivity index (χ0v) is 21.3. The SMILES string of the molecule is Cc1c(N2C=CN(c3c(Nc4nccc(-c5cnccn5)n4)cccc3C(N)=O)C2C)cc(O)cc1C(F)(F)F. The molecule has 4 N–H and O–H groups in total. The number of alkyl halides is 3. The van der Waals surface area contributed by atoms with E-state index < -0.39 is 29.6 Å². The summed E-state index contributed by atoms with van der Waals surface area (Å²) in [5, 5.41) is 13.2. The van der Waals surface area contributed by atoms with Gasteiger partial charge in [-0.3, -0.25) is 14.8 Å². The number of rotatable bonds is 6. The largest absolute Gasteiger partial charge is 0.508 e. The van der Waals surface area contributed by atoms with E-state index in [0.717, 1.165) is 0 Å². The third kappa shape index (κ3) is 4.96. The number of primary amides is 1. The van der Waals surface area contributed by atoms with Crippen molar-refractivity contribution in [3.63, 3.8) is 0 Å². The molecular formula is C27H23F3N8O2. The molecule has 13 heteroatoms. The average molecular weight is 549 g/mol. The average Bonchev–Trinajstić information content (AvgIpc) is 3.30. The predicted molar refractivity (Wildman–Crippen MR) is 143 cm³/mol. The van der Waals surface area contributed by atoms with Crippen LogP contribution in [-0.4, -0.2) is 37.1 Å². The van der Waals surface area contributed by atoms with Gasteiger partial charge >= 0.3 is 6.18 Å². The van der Waals surface area contributed by atoms with Gasteiger partial charge < -0.3 is 26.0 Å². The molecule has 0 spiro atoms. The van der Waals surface area contributed by atoms with E-state index in [4.69, 9.17) is 5.73 Å². The lowest BCUT2D eigenvalue weighted by Crippen LogP contribution is -2.37. The Kier molecular flexibility index (Phi) is 6.71. The van der Waals surface area contributed by atoms with Crippen molar-refractivity contribution in [2.45, 2.75) is 26.2 Å². The maximum atomic E-state index is 13.6. The van der Waals surface area contributed by atoms with E-state index in [0.29, 0.717) is 28.8 Å². The molecule has 4 aromatic rings. The molecule has 1 atom stereocenters. The van der Waals surface area contributed by atoms with Gasteiger partial charge in [0.1, 0.15) is 17.6 Å². The Morgan fingerprint density at radius 3 is 2.52 bits per heavy atom. The van der Waals surface area contributed by atoms with E-state index >= 15 is 0 Å². The van der Waals surface area contributed by atoms with E-state index in [1.165, 1.54) is 19.2 Å². The molecule has 1 aliphatic heterocycles. The zero-order valence-electron chi connectivity index (χ0n) is 21.3. The molecule has 0 saturated heterocycles. The molecule has 1 unspecified atom stereocenters. The number of hydrogen-bond acceptors (Lipinski definition) is 9. The maximum Gasteiger partial charge on any atom is 0.416 e. The minimum Gasteiger partial charge on any atom is -0.508 e. The molecule has 1 aliphatic rings. The summed E-state index contributed by atoms with van der Waals surface area (Å²) in [4.78, 5) is 32.8. The standard InChI is InChI=1S/C27H23F3N8O2/c1-15-19(27(28,29)30)12-17(39)13-23(15)37-10-11-38(16(37)2)24-18(25(31)40)4-3-5-21(24)36-26-34-7-6-20(35-26)22-14-32-8-9-33-22/h3-14,16,39H,1-2H3,(H2,31,40)(H,34,35,36). The van der Waals surface area contributed by atoms with Gasteiger partial charge in [-0.25, -0.2) is 9.97 Å². The number of aromatic hydroxyl groups is 1. The second-order valence-corrected chi connectivity index (χ2v) is 8.93. The third-order valence-corrected chi connectivity index (χ3v) is 6.43. The van der Waals surface area contributed by atoms with Crippen molar-refractivity contribution in [3.05, 3.63) is 90.3 Å². The van der Waals surface area contributed by atoms with E-state index in [1.54, 1.807) is 72.0 Å². The van der Waals surface area contributed by atoms with Gasteiger partial charge in [0.05, 0.1) is 34.4 Å². The number of para-hydroxylation sites is 1. The molecule has 204 valence electrons. The van der Waals surface area contributed by atoms with Crippen molar-refractivity contribution in [2.75, 3.05) is 15.1 Å². The zero-order chi connectivity index (χ0) is 28.6. The van der Waals surface area contributed by atoms with Crippen LogP contribution in [0.5, 0.6) is 5.75 Å². The van der Waals surface area contributed by atoms with Crippen LogP contribution in [0, 0.1) is 6.92 Å². The van der Waals surface area contributed by atoms with Crippen molar-refractivity contribution in [1.29, 1.82) is 0 Å². The van der Waals surface area contributed by atoms with E-state index in [2.05, 4.69) is 25.3 Å². The number of phenolic OH excluding ortho intramolecular Hbond substituents is 1. The number of hydrogen-bond donors (Lipinski definition) is 3. The first-order chi connectivity index (χ1) is 19.0. The summed E-state index contributed by atoms with van der Waals surface area (Å²) in [6.45, 7) is 3.08. The van der Waals surface area contributed by atoms with Gasteiger partial charge in [0, 0.05) is 42.7 Å². The molecule has 5 rings (SSSR count). The first-order valence-electron chi connectivity index (χ1n) is 12.0. The first kappa shape index (κ1) is 26.4. The second-order valence-electron chi connectivity index (χ2n) is 8.93. The minimum absolute atomic E-state index is 0.0561. The van der Waals surface area contributed by atoms with Gasteiger partial charge in [-0.1, -0.05) is 6.07 Å². The molecule has 0 aliphatic carbocycles. The Morgan fingerprint density at radius 2 is 1.82 bits per heavy atom. The highest BCUT2D eigenvalue weighted by molar-refractivity contribution is 6.02.